The first-order valence-corrected chi connectivity index (χ1v) is 13.9. The van der Waals surface area contributed by atoms with Crippen molar-refractivity contribution in [3.05, 3.63) is 60.2 Å². The fraction of sp³-hybridized carbons (Fsp3) is 0.364. The number of carbonyl (C=O) groups is 1. The van der Waals surface area contributed by atoms with E-state index in [4.69, 9.17) is 28.9 Å². The zero-order valence-electron chi connectivity index (χ0n) is 24.5. The number of nitrogens with one attached hydrogen (secondary N) is 1. The van der Waals surface area contributed by atoms with E-state index in [-0.39, 0.29) is 11.9 Å². The Hall–Kier alpha value is -4.33. The molecule has 0 aliphatic heterocycles. The summed E-state index contributed by atoms with van der Waals surface area (Å²) < 4.78 is 22.0. The van der Waals surface area contributed by atoms with Gasteiger partial charge in [0.2, 0.25) is 0 Å². The topological polar surface area (TPSA) is 91.8 Å². The maximum Gasteiger partial charge on any atom is 0.251 e. The number of ether oxygens (including phenoxy) is 4. The number of benzene rings is 3. The first kappa shape index (κ1) is 28.2. The van der Waals surface area contributed by atoms with Crippen molar-refractivity contribution in [2.24, 2.45) is 11.8 Å². The van der Waals surface area contributed by atoms with Crippen LogP contribution in [0.1, 0.15) is 43.5 Å². The van der Waals surface area contributed by atoms with Crippen molar-refractivity contribution >= 4 is 16.9 Å². The number of nitrogens with zero attached hydrogens (tertiary/aromatic N) is 2. The van der Waals surface area contributed by atoms with Gasteiger partial charge in [0.25, 0.3) is 5.91 Å². The van der Waals surface area contributed by atoms with Crippen molar-refractivity contribution in [2.45, 2.75) is 39.2 Å². The molecule has 8 nitrogen and oxygen atoms in total. The van der Waals surface area contributed by atoms with Gasteiger partial charge in [0, 0.05) is 22.7 Å². The van der Waals surface area contributed by atoms with E-state index >= 15 is 0 Å². The van der Waals surface area contributed by atoms with Crippen LogP contribution in [0, 0.1) is 11.8 Å². The highest BCUT2D eigenvalue weighted by atomic mass is 16.5. The van der Waals surface area contributed by atoms with E-state index < -0.39 is 0 Å². The Bertz CT molecular complexity index is 1570. The fourth-order valence-corrected chi connectivity index (χ4v) is 5.60. The molecule has 1 aliphatic carbocycles. The molecule has 5 rings (SSSR count). The highest BCUT2D eigenvalue weighted by Gasteiger charge is 2.28. The van der Waals surface area contributed by atoms with Crippen LogP contribution in [-0.4, -0.2) is 50.4 Å². The van der Waals surface area contributed by atoms with E-state index in [1.807, 2.05) is 54.6 Å². The number of aromatic nitrogens is 2. The van der Waals surface area contributed by atoms with Crippen LogP contribution in [0.4, 0.5) is 0 Å². The van der Waals surface area contributed by atoms with Gasteiger partial charge in [-0.25, -0.2) is 9.97 Å². The number of hydrogen-bond donors (Lipinski definition) is 1. The molecule has 4 aromatic rings. The van der Waals surface area contributed by atoms with Crippen LogP contribution >= 0.6 is 0 Å². The lowest BCUT2D eigenvalue weighted by molar-refractivity contribution is 0.0891. The maximum absolute atomic E-state index is 13.3. The third kappa shape index (κ3) is 5.64. The summed E-state index contributed by atoms with van der Waals surface area (Å²) in [4.78, 5) is 23.4. The van der Waals surface area contributed by atoms with E-state index in [0.29, 0.717) is 62.8 Å². The molecule has 0 spiro atoms. The zero-order valence-corrected chi connectivity index (χ0v) is 24.5. The van der Waals surface area contributed by atoms with E-state index in [9.17, 15) is 4.79 Å². The summed E-state index contributed by atoms with van der Waals surface area (Å²) in [5, 5.41) is 3.27. The summed E-state index contributed by atoms with van der Waals surface area (Å²) >= 11 is 0. The Kier molecular flexibility index (Phi) is 8.28. The number of methoxy groups -OCH3 is 4. The van der Waals surface area contributed by atoms with Crippen LogP contribution in [0.5, 0.6) is 23.0 Å². The van der Waals surface area contributed by atoms with Gasteiger partial charge in [-0.3, -0.25) is 4.79 Å². The van der Waals surface area contributed by atoms with Gasteiger partial charge in [0.15, 0.2) is 23.0 Å². The van der Waals surface area contributed by atoms with E-state index in [1.54, 1.807) is 28.4 Å². The Morgan fingerprint density at radius 3 is 1.83 bits per heavy atom. The number of rotatable bonds is 8. The summed E-state index contributed by atoms with van der Waals surface area (Å²) in [5.74, 6) is 3.34. The van der Waals surface area contributed by atoms with Gasteiger partial charge in [-0.05, 0) is 72.9 Å². The summed E-state index contributed by atoms with van der Waals surface area (Å²) in [6.45, 7) is 4.49. The molecule has 214 valence electrons. The lowest BCUT2D eigenvalue weighted by Gasteiger charge is -2.34. The summed E-state index contributed by atoms with van der Waals surface area (Å²) in [6.07, 6.45) is 3.34. The van der Waals surface area contributed by atoms with Gasteiger partial charge in [-0.2, -0.15) is 0 Å². The molecule has 41 heavy (non-hydrogen) atoms. The lowest BCUT2D eigenvalue weighted by atomic mass is 9.78. The largest absolute Gasteiger partial charge is 0.493 e. The Morgan fingerprint density at radius 1 is 0.707 bits per heavy atom. The van der Waals surface area contributed by atoms with Crippen molar-refractivity contribution in [2.75, 3.05) is 28.4 Å². The van der Waals surface area contributed by atoms with Crippen molar-refractivity contribution in [3.63, 3.8) is 0 Å². The molecule has 1 N–H and O–H groups in total. The van der Waals surface area contributed by atoms with Crippen LogP contribution in [0.2, 0.25) is 0 Å². The molecular weight excluding hydrogens is 518 g/mol. The van der Waals surface area contributed by atoms with Gasteiger partial charge in [0.1, 0.15) is 0 Å². The number of carbonyl (C=O) groups excluding carboxylic acids is 1. The highest BCUT2D eigenvalue weighted by molar-refractivity contribution is 5.98. The SMILES string of the molecule is COc1ccc(-c2nc3ccc(C(=O)N[C@@H]4CCC[C@@H](C)[C@@H]4C)cc3nc2-c2ccc(OC)c(OC)c2)cc1OC. The molecular formula is C33H37N3O5. The summed E-state index contributed by atoms with van der Waals surface area (Å²) in [6, 6.07) is 16.9. The molecule has 1 aromatic heterocycles. The van der Waals surface area contributed by atoms with E-state index in [1.165, 1.54) is 6.42 Å². The standard InChI is InChI=1S/C33H37N3O5/c1-19-8-7-9-24(20(19)2)36-33(37)23-10-13-25-26(16-23)35-32(22-12-15-28(39-4)30(18-22)41-6)31(34-25)21-11-14-27(38-3)29(17-21)40-5/h10-20,24H,7-9H2,1-6H3,(H,36,37)/t19-,20+,24-/m1/s1. The molecule has 1 saturated carbocycles. The minimum absolute atomic E-state index is 0.0868. The molecule has 8 heteroatoms. The van der Waals surface area contributed by atoms with Crippen LogP contribution in [-0.2, 0) is 0 Å². The molecule has 0 unspecified atom stereocenters. The molecule has 3 atom stereocenters. The normalized spacial score (nSPS) is 18.5. The Labute approximate surface area is 241 Å². The van der Waals surface area contributed by atoms with Crippen LogP contribution in [0.25, 0.3) is 33.5 Å². The predicted octanol–water partition coefficient (Wildman–Crippen LogP) is 6.55. The van der Waals surface area contributed by atoms with Crippen molar-refractivity contribution in [3.8, 4) is 45.5 Å². The molecule has 0 radical (unpaired) electrons. The predicted molar refractivity (Wildman–Crippen MR) is 160 cm³/mol. The van der Waals surface area contributed by atoms with Gasteiger partial charge in [-0.15, -0.1) is 0 Å². The molecule has 0 saturated heterocycles. The second-order valence-electron chi connectivity index (χ2n) is 10.6. The second kappa shape index (κ2) is 12.0. The average molecular weight is 556 g/mol. The molecule has 1 fully saturated rings. The number of amides is 1. The van der Waals surface area contributed by atoms with Gasteiger partial charge >= 0.3 is 0 Å². The van der Waals surface area contributed by atoms with Crippen molar-refractivity contribution < 1.29 is 23.7 Å². The molecule has 0 bridgehead atoms. The first-order chi connectivity index (χ1) is 19.9. The highest BCUT2D eigenvalue weighted by Crippen LogP contribution is 2.39. The summed E-state index contributed by atoms with van der Waals surface area (Å²) in [7, 11) is 6.40. The third-order valence-electron chi connectivity index (χ3n) is 8.26. The molecule has 1 heterocycles. The molecule has 1 aliphatic rings. The molecule has 1 amide bonds. The second-order valence-corrected chi connectivity index (χ2v) is 10.6. The molecule has 3 aromatic carbocycles. The van der Waals surface area contributed by atoms with Crippen LogP contribution in [0.15, 0.2) is 54.6 Å². The first-order valence-electron chi connectivity index (χ1n) is 13.9. The fourth-order valence-electron chi connectivity index (χ4n) is 5.60. The van der Waals surface area contributed by atoms with Crippen molar-refractivity contribution in [1.29, 1.82) is 0 Å². The lowest BCUT2D eigenvalue weighted by Crippen LogP contribution is -2.43. The minimum atomic E-state index is -0.0868. The van der Waals surface area contributed by atoms with E-state index in [2.05, 4.69) is 19.2 Å². The number of hydrogen-bond acceptors (Lipinski definition) is 7. The average Bonchev–Trinajstić information content (AvgIpc) is 3.01. The minimum Gasteiger partial charge on any atom is -0.493 e. The Morgan fingerprint density at radius 2 is 1.27 bits per heavy atom. The van der Waals surface area contributed by atoms with Crippen LogP contribution < -0.4 is 24.3 Å². The van der Waals surface area contributed by atoms with Crippen LogP contribution in [0.3, 0.4) is 0 Å². The Balaban J connectivity index is 1.61. The maximum atomic E-state index is 13.3. The van der Waals surface area contributed by atoms with Gasteiger partial charge < -0.3 is 24.3 Å². The zero-order chi connectivity index (χ0) is 29.1. The quantitative estimate of drug-likeness (QED) is 0.263. The number of fused-ring (bicyclic) bond motifs is 1. The van der Waals surface area contributed by atoms with Gasteiger partial charge in [0.05, 0.1) is 50.9 Å². The smallest absolute Gasteiger partial charge is 0.251 e. The third-order valence-corrected chi connectivity index (χ3v) is 8.26. The van der Waals surface area contributed by atoms with Gasteiger partial charge in [-0.1, -0.05) is 26.7 Å². The van der Waals surface area contributed by atoms with Crippen molar-refractivity contribution in [1.82, 2.24) is 15.3 Å². The monoisotopic (exact) mass is 555 g/mol. The van der Waals surface area contributed by atoms with E-state index in [0.717, 1.165) is 24.0 Å². The summed E-state index contributed by atoms with van der Waals surface area (Å²) in [5.41, 5.74) is 4.76.